The van der Waals surface area contributed by atoms with Crippen LogP contribution in [0, 0.1) is 0 Å². The lowest BCUT2D eigenvalue weighted by atomic mass is 9.72. The van der Waals surface area contributed by atoms with Gasteiger partial charge in [0, 0.05) is 17.5 Å². The fourth-order valence-corrected chi connectivity index (χ4v) is 10.9. The molecule has 0 heterocycles. The lowest BCUT2D eigenvalue weighted by molar-refractivity contribution is 0.349. The molecule has 41 heavy (non-hydrogen) atoms. The topological polar surface area (TPSA) is 52.6 Å². The summed E-state index contributed by atoms with van der Waals surface area (Å²) in [7, 11) is -7.20. The Balaban J connectivity index is 2.00. The quantitative estimate of drug-likeness (QED) is 0.248. The molecule has 0 amide bonds. The minimum atomic E-state index is -1.91. The van der Waals surface area contributed by atoms with Gasteiger partial charge in [0.1, 0.15) is 11.5 Å². The van der Waals surface area contributed by atoms with Gasteiger partial charge in [-0.3, -0.25) is 0 Å². The number of hydrogen-bond acceptors (Lipinski definition) is 4. The zero-order valence-electron chi connectivity index (χ0n) is 27.7. The molecule has 8 heteroatoms. The minimum absolute atomic E-state index is 0.0361. The SMILES string of the molecule is CC[Si](=O)Cc1cc2c(cc1C[Si](=O)CC)C1(CC2(C)C)CC(C)(C)c2cc(O[Si](C)(C)C)c(O[Si](C)(C)C)cc21. The maximum atomic E-state index is 13.0. The van der Waals surface area contributed by atoms with Crippen molar-refractivity contribution in [3.8, 4) is 11.5 Å². The van der Waals surface area contributed by atoms with Crippen LogP contribution in [-0.2, 0) is 37.3 Å². The summed E-state index contributed by atoms with van der Waals surface area (Å²) in [4.78, 5) is 0. The van der Waals surface area contributed by atoms with Crippen LogP contribution in [-0.4, -0.2) is 34.0 Å². The van der Waals surface area contributed by atoms with Crippen LogP contribution in [0.1, 0.15) is 87.8 Å². The fourth-order valence-electron chi connectivity index (χ4n) is 7.27. The zero-order valence-corrected chi connectivity index (χ0v) is 31.7. The van der Waals surface area contributed by atoms with Crippen molar-refractivity contribution in [2.24, 2.45) is 0 Å². The molecule has 1 spiro atoms. The molecule has 0 saturated heterocycles. The predicted octanol–water partition coefficient (Wildman–Crippen LogP) is 8.81. The molecule has 2 aromatic carbocycles. The molecule has 2 aliphatic carbocycles. The van der Waals surface area contributed by atoms with Crippen LogP contribution in [0.3, 0.4) is 0 Å². The van der Waals surface area contributed by atoms with Crippen LogP contribution in [0.4, 0.5) is 0 Å². The number of benzene rings is 2. The van der Waals surface area contributed by atoms with Gasteiger partial charge in [0.25, 0.3) is 17.4 Å². The van der Waals surface area contributed by atoms with Crippen LogP contribution in [0.5, 0.6) is 11.5 Å². The summed E-state index contributed by atoms with van der Waals surface area (Å²) in [6.07, 6.45) is 2.03. The third-order valence-electron chi connectivity index (χ3n) is 8.80. The van der Waals surface area contributed by atoms with E-state index in [0.717, 1.165) is 35.5 Å². The van der Waals surface area contributed by atoms with Gasteiger partial charge in [0.15, 0.2) is 0 Å². The van der Waals surface area contributed by atoms with Crippen LogP contribution in [0.2, 0.25) is 51.4 Å². The molecule has 2 aliphatic rings. The number of rotatable bonds is 10. The Morgan fingerprint density at radius 2 is 0.976 bits per heavy atom. The van der Waals surface area contributed by atoms with Gasteiger partial charge in [-0.25, -0.2) is 0 Å². The van der Waals surface area contributed by atoms with Gasteiger partial charge < -0.3 is 17.8 Å². The summed E-state index contributed by atoms with van der Waals surface area (Å²) in [5, 5.41) is 0. The Kier molecular flexibility index (Phi) is 8.62. The van der Waals surface area contributed by atoms with Crippen molar-refractivity contribution >= 4 is 34.0 Å². The molecule has 0 saturated carbocycles. The Bertz CT molecular complexity index is 1380. The number of fused-ring (bicyclic) bond motifs is 4. The summed E-state index contributed by atoms with van der Waals surface area (Å²) in [6, 6.07) is 12.0. The van der Waals surface area contributed by atoms with Gasteiger partial charge in [-0.2, -0.15) is 0 Å². The van der Waals surface area contributed by atoms with Crippen molar-refractivity contribution in [1.82, 2.24) is 0 Å². The molecule has 0 aliphatic heterocycles. The van der Waals surface area contributed by atoms with E-state index in [-0.39, 0.29) is 16.2 Å². The second-order valence-electron chi connectivity index (χ2n) is 15.8. The third kappa shape index (κ3) is 6.55. The normalized spacial score (nSPS) is 20.6. The van der Waals surface area contributed by atoms with E-state index < -0.39 is 34.0 Å². The second kappa shape index (κ2) is 10.9. The summed E-state index contributed by atoms with van der Waals surface area (Å²) >= 11 is 0. The van der Waals surface area contributed by atoms with Gasteiger partial charge in [0.2, 0.25) is 16.6 Å². The number of hydrogen-bond donors (Lipinski definition) is 0. The molecule has 224 valence electrons. The lowest BCUT2D eigenvalue weighted by Gasteiger charge is -2.32. The van der Waals surface area contributed by atoms with E-state index >= 15 is 0 Å². The monoisotopic (exact) mass is 624 g/mol. The molecular weight excluding hydrogens is 573 g/mol. The van der Waals surface area contributed by atoms with Crippen molar-refractivity contribution in [3.63, 3.8) is 0 Å². The Labute approximate surface area is 254 Å². The minimum Gasteiger partial charge on any atom is -0.542 e. The van der Waals surface area contributed by atoms with Crippen LogP contribution in [0.15, 0.2) is 24.3 Å². The largest absolute Gasteiger partial charge is 0.542 e. The first kappa shape index (κ1) is 32.4. The molecule has 1 unspecified atom stereocenters. The molecular formula is C33H52O4Si4. The highest BCUT2D eigenvalue weighted by atomic mass is 28.4. The van der Waals surface area contributed by atoms with Gasteiger partial charge in [0.05, 0.1) is 0 Å². The zero-order chi connectivity index (χ0) is 30.8. The molecule has 1 atom stereocenters. The average molecular weight is 625 g/mol. The summed E-state index contributed by atoms with van der Waals surface area (Å²) in [5.41, 5.74) is 7.57. The van der Waals surface area contributed by atoms with E-state index in [1.165, 1.54) is 22.3 Å². The van der Waals surface area contributed by atoms with E-state index in [1.807, 2.05) is 13.8 Å². The fraction of sp³-hybridized carbons (Fsp3) is 0.636. The van der Waals surface area contributed by atoms with E-state index in [4.69, 9.17) is 8.85 Å². The molecule has 0 radical (unpaired) electrons. The first-order chi connectivity index (χ1) is 18.7. The Morgan fingerprint density at radius 1 is 0.634 bits per heavy atom. The van der Waals surface area contributed by atoms with E-state index in [9.17, 15) is 8.92 Å². The van der Waals surface area contributed by atoms with Crippen molar-refractivity contribution in [1.29, 1.82) is 0 Å². The maximum Gasteiger partial charge on any atom is 0.280 e. The first-order valence-corrected chi connectivity index (χ1v) is 25.9. The van der Waals surface area contributed by atoms with Gasteiger partial charge in [-0.05, 0) is 121 Å². The molecule has 4 nitrogen and oxygen atoms in total. The molecule has 4 rings (SSSR count). The van der Waals surface area contributed by atoms with Crippen molar-refractivity contribution in [2.45, 2.75) is 134 Å². The third-order valence-corrected chi connectivity index (χ3v) is 13.6. The molecule has 0 aromatic heterocycles. The summed E-state index contributed by atoms with van der Waals surface area (Å²) in [6.45, 7) is 26.9. The first-order valence-electron chi connectivity index (χ1n) is 15.5. The highest BCUT2D eigenvalue weighted by molar-refractivity contribution is 6.71. The smallest absolute Gasteiger partial charge is 0.280 e. The van der Waals surface area contributed by atoms with Crippen LogP contribution < -0.4 is 8.85 Å². The highest BCUT2D eigenvalue weighted by Gasteiger charge is 2.57. The lowest BCUT2D eigenvalue weighted by Crippen LogP contribution is -2.33. The molecule has 0 fully saturated rings. The van der Waals surface area contributed by atoms with E-state index in [0.29, 0.717) is 24.2 Å². The summed E-state index contributed by atoms with van der Waals surface area (Å²) in [5.74, 6) is 1.79. The van der Waals surface area contributed by atoms with Crippen molar-refractivity contribution < 1.29 is 17.8 Å². The Morgan fingerprint density at radius 3 is 1.37 bits per heavy atom. The van der Waals surface area contributed by atoms with E-state index in [2.05, 4.69) is 91.2 Å². The van der Waals surface area contributed by atoms with Gasteiger partial charge in [-0.1, -0.05) is 53.7 Å². The second-order valence-corrected chi connectivity index (χ2v) is 28.9. The van der Waals surface area contributed by atoms with Gasteiger partial charge >= 0.3 is 0 Å². The van der Waals surface area contributed by atoms with Crippen molar-refractivity contribution in [2.75, 3.05) is 0 Å². The van der Waals surface area contributed by atoms with Crippen LogP contribution in [0.25, 0.3) is 0 Å². The standard InChI is InChI=1S/C33H52O4Si4/c1-13-38(34)19-23-15-25-27(16-24(23)20-39(35)14-2)33(21-31(25,3)4)22-32(5,6)26-17-29(36-40(7,8)9)30(18-28(26)33)37-41(10,11)12/h15-18H,13-14,19-22H2,1-12H3. The predicted molar refractivity (Wildman–Crippen MR) is 178 cm³/mol. The highest BCUT2D eigenvalue weighted by Crippen LogP contribution is 2.64. The molecule has 0 N–H and O–H groups in total. The van der Waals surface area contributed by atoms with E-state index in [1.54, 1.807) is 0 Å². The van der Waals surface area contributed by atoms with Crippen molar-refractivity contribution in [3.05, 3.63) is 57.6 Å². The Hall–Kier alpha value is -1.49. The maximum absolute atomic E-state index is 13.0. The van der Waals surface area contributed by atoms with Gasteiger partial charge in [-0.15, -0.1) is 0 Å². The molecule has 0 bridgehead atoms. The summed E-state index contributed by atoms with van der Waals surface area (Å²) < 4.78 is 39.2. The average Bonchev–Trinajstić information content (AvgIpc) is 3.16. The van der Waals surface area contributed by atoms with Crippen LogP contribution >= 0.6 is 0 Å². The molecule has 2 aromatic rings.